The van der Waals surface area contributed by atoms with Gasteiger partial charge in [0, 0.05) is 26.3 Å². The van der Waals surface area contributed by atoms with Crippen LogP contribution in [0.5, 0.6) is 0 Å². The van der Waals surface area contributed by atoms with Crippen molar-refractivity contribution in [3.05, 3.63) is 33.9 Å². The lowest BCUT2D eigenvalue weighted by Crippen LogP contribution is -2.38. The Labute approximate surface area is 112 Å². The first-order chi connectivity index (χ1) is 9.11. The molecule has 1 fully saturated rings. The first-order valence-electron chi connectivity index (χ1n) is 6.38. The van der Waals surface area contributed by atoms with Gasteiger partial charge in [-0.2, -0.15) is 0 Å². The molecule has 1 unspecified atom stereocenters. The molecule has 1 aliphatic rings. The van der Waals surface area contributed by atoms with Gasteiger partial charge in [0.15, 0.2) is 0 Å². The molecule has 6 nitrogen and oxygen atoms in total. The summed E-state index contributed by atoms with van der Waals surface area (Å²) >= 11 is 0. The minimum Gasteiger partial charge on any atom is -0.393 e. The number of nitro groups is 1. The lowest BCUT2D eigenvalue weighted by atomic mass is 10.1. The van der Waals surface area contributed by atoms with Crippen molar-refractivity contribution >= 4 is 11.4 Å². The SMILES string of the molecule is COC1CCCN(Cc2cccc([N+](=O)[O-])c2N)C1. The van der Waals surface area contributed by atoms with Crippen LogP contribution in [0.3, 0.4) is 0 Å². The number of nitro benzene ring substituents is 1. The maximum absolute atomic E-state index is 10.9. The largest absolute Gasteiger partial charge is 0.393 e. The normalized spacial score (nSPS) is 20.4. The quantitative estimate of drug-likeness (QED) is 0.510. The monoisotopic (exact) mass is 265 g/mol. The van der Waals surface area contributed by atoms with E-state index in [1.54, 1.807) is 13.2 Å². The van der Waals surface area contributed by atoms with Gasteiger partial charge in [-0.15, -0.1) is 0 Å². The molecule has 0 aromatic heterocycles. The molecule has 1 atom stereocenters. The van der Waals surface area contributed by atoms with Gasteiger partial charge in [0.25, 0.3) is 5.69 Å². The molecule has 1 aromatic rings. The Morgan fingerprint density at radius 1 is 1.58 bits per heavy atom. The molecule has 0 bridgehead atoms. The second-order valence-electron chi connectivity index (χ2n) is 4.84. The Bertz CT molecular complexity index is 464. The lowest BCUT2D eigenvalue weighted by molar-refractivity contribution is -0.384. The van der Waals surface area contributed by atoms with E-state index in [4.69, 9.17) is 10.5 Å². The smallest absolute Gasteiger partial charge is 0.292 e. The molecule has 2 N–H and O–H groups in total. The summed E-state index contributed by atoms with van der Waals surface area (Å²) in [5.74, 6) is 0. The summed E-state index contributed by atoms with van der Waals surface area (Å²) in [4.78, 5) is 12.6. The summed E-state index contributed by atoms with van der Waals surface area (Å²) in [6.45, 7) is 2.45. The van der Waals surface area contributed by atoms with E-state index in [-0.39, 0.29) is 17.5 Å². The first kappa shape index (κ1) is 13.8. The van der Waals surface area contributed by atoms with Crippen LogP contribution in [-0.2, 0) is 11.3 Å². The summed E-state index contributed by atoms with van der Waals surface area (Å²) < 4.78 is 5.37. The molecule has 104 valence electrons. The van der Waals surface area contributed by atoms with Crippen LogP contribution < -0.4 is 5.73 Å². The van der Waals surface area contributed by atoms with Gasteiger partial charge < -0.3 is 10.5 Å². The summed E-state index contributed by atoms with van der Waals surface area (Å²) in [5.41, 5.74) is 6.93. The highest BCUT2D eigenvalue weighted by molar-refractivity contribution is 5.62. The van der Waals surface area contributed by atoms with Crippen molar-refractivity contribution in [2.75, 3.05) is 25.9 Å². The molecule has 2 rings (SSSR count). The van der Waals surface area contributed by atoms with E-state index in [0.29, 0.717) is 6.54 Å². The van der Waals surface area contributed by atoms with E-state index >= 15 is 0 Å². The van der Waals surface area contributed by atoms with Crippen molar-refractivity contribution in [1.29, 1.82) is 0 Å². The third-order valence-corrected chi connectivity index (χ3v) is 3.56. The van der Waals surface area contributed by atoms with Gasteiger partial charge in [-0.05, 0) is 24.9 Å². The fourth-order valence-corrected chi connectivity index (χ4v) is 2.49. The van der Waals surface area contributed by atoms with Crippen LogP contribution in [-0.4, -0.2) is 36.1 Å². The van der Waals surface area contributed by atoms with E-state index < -0.39 is 4.92 Å². The predicted molar refractivity (Wildman–Crippen MR) is 72.8 cm³/mol. The standard InChI is InChI=1S/C13H19N3O3/c1-19-11-5-3-7-15(9-11)8-10-4-2-6-12(13(10)14)16(17)18/h2,4,6,11H,3,5,7-9,14H2,1H3. The molecule has 1 heterocycles. The van der Waals surface area contributed by atoms with Crippen LogP contribution in [0, 0.1) is 10.1 Å². The molecule has 0 radical (unpaired) electrons. The number of para-hydroxylation sites is 1. The molecule has 0 spiro atoms. The van der Waals surface area contributed by atoms with Crippen molar-refractivity contribution in [3.63, 3.8) is 0 Å². The maximum atomic E-state index is 10.9. The Morgan fingerprint density at radius 3 is 3.05 bits per heavy atom. The van der Waals surface area contributed by atoms with Crippen molar-refractivity contribution in [2.45, 2.75) is 25.5 Å². The molecule has 1 aromatic carbocycles. The van der Waals surface area contributed by atoms with Crippen LogP contribution in [0.1, 0.15) is 18.4 Å². The lowest BCUT2D eigenvalue weighted by Gasteiger charge is -2.32. The highest BCUT2D eigenvalue weighted by Crippen LogP contribution is 2.26. The zero-order chi connectivity index (χ0) is 13.8. The molecule has 0 aliphatic carbocycles. The molecular weight excluding hydrogens is 246 g/mol. The topological polar surface area (TPSA) is 81.6 Å². The van der Waals surface area contributed by atoms with Gasteiger partial charge in [0.1, 0.15) is 5.69 Å². The molecule has 0 saturated carbocycles. The van der Waals surface area contributed by atoms with E-state index in [1.807, 2.05) is 6.07 Å². The molecule has 6 heteroatoms. The fraction of sp³-hybridized carbons (Fsp3) is 0.538. The second-order valence-corrected chi connectivity index (χ2v) is 4.84. The summed E-state index contributed by atoms with van der Waals surface area (Å²) in [7, 11) is 1.72. The first-order valence-corrected chi connectivity index (χ1v) is 6.38. The number of nitrogens with zero attached hydrogens (tertiary/aromatic N) is 2. The van der Waals surface area contributed by atoms with Gasteiger partial charge in [-0.25, -0.2) is 0 Å². The third kappa shape index (κ3) is 3.21. The van der Waals surface area contributed by atoms with Crippen LogP contribution in [0.2, 0.25) is 0 Å². The van der Waals surface area contributed by atoms with Gasteiger partial charge in [0.2, 0.25) is 0 Å². The van der Waals surface area contributed by atoms with Crippen LogP contribution in [0.15, 0.2) is 18.2 Å². The summed E-state index contributed by atoms with van der Waals surface area (Å²) in [6.07, 6.45) is 2.39. The Morgan fingerprint density at radius 2 is 2.37 bits per heavy atom. The number of methoxy groups -OCH3 is 1. The number of nitrogen functional groups attached to an aromatic ring is 1. The highest BCUT2D eigenvalue weighted by atomic mass is 16.6. The highest BCUT2D eigenvalue weighted by Gasteiger charge is 2.21. The number of rotatable bonds is 4. The third-order valence-electron chi connectivity index (χ3n) is 3.56. The number of likely N-dealkylation sites (tertiary alicyclic amines) is 1. The average molecular weight is 265 g/mol. The van der Waals surface area contributed by atoms with Gasteiger partial charge >= 0.3 is 0 Å². The Balaban J connectivity index is 2.10. The number of anilines is 1. The summed E-state index contributed by atoms with van der Waals surface area (Å²) in [5, 5.41) is 10.9. The van der Waals surface area contributed by atoms with Crippen molar-refractivity contribution < 1.29 is 9.66 Å². The molecule has 1 saturated heterocycles. The number of piperidine rings is 1. The van der Waals surface area contributed by atoms with E-state index in [9.17, 15) is 10.1 Å². The molecule has 19 heavy (non-hydrogen) atoms. The van der Waals surface area contributed by atoms with Crippen LogP contribution in [0.25, 0.3) is 0 Å². The second kappa shape index (κ2) is 5.99. The summed E-state index contributed by atoms with van der Waals surface area (Å²) in [6, 6.07) is 4.97. The van der Waals surface area contributed by atoms with Crippen molar-refractivity contribution in [3.8, 4) is 0 Å². The molecular formula is C13H19N3O3. The number of hydrogen-bond donors (Lipinski definition) is 1. The van der Waals surface area contributed by atoms with Gasteiger partial charge in [-0.1, -0.05) is 12.1 Å². The average Bonchev–Trinajstić information content (AvgIpc) is 2.41. The number of benzene rings is 1. The van der Waals surface area contributed by atoms with Crippen molar-refractivity contribution in [2.24, 2.45) is 0 Å². The molecule has 0 amide bonds. The Kier molecular flexibility index (Phi) is 4.34. The van der Waals surface area contributed by atoms with Crippen LogP contribution in [0.4, 0.5) is 11.4 Å². The minimum absolute atomic E-state index is 0.0159. The van der Waals surface area contributed by atoms with E-state index in [0.717, 1.165) is 31.5 Å². The molecule has 1 aliphatic heterocycles. The maximum Gasteiger partial charge on any atom is 0.292 e. The predicted octanol–water partition coefficient (Wildman–Crippen LogP) is 1.79. The van der Waals surface area contributed by atoms with Gasteiger partial charge in [-0.3, -0.25) is 15.0 Å². The van der Waals surface area contributed by atoms with Crippen molar-refractivity contribution in [1.82, 2.24) is 4.90 Å². The Hall–Kier alpha value is -1.66. The zero-order valence-electron chi connectivity index (χ0n) is 11.0. The minimum atomic E-state index is -0.438. The van der Waals surface area contributed by atoms with E-state index in [2.05, 4.69) is 4.90 Å². The van der Waals surface area contributed by atoms with Crippen LogP contribution >= 0.6 is 0 Å². The zero-order valence-corrected chi connectivity index (χ0v) is 11.0. The van der Waals surface area contributed by atoms with E-state index in [1.165, 1.54) is 6.07 Å². The number of ether oxygens (including phenoxy) is 1. The fourth-order valence-electron chi connectivity index (χ4n) is 2.49. The number of nitrogens with two attached hydrogens (primary N) is 1. The number of hydrogen-bond acceptors (Lipinski definition) is 5. The van der Waals surface area contributed by atoms with Gasteiger partial charge in [0.05, 0.1) is 11.0 Å².